The van der Waals surface area contributed by atoms with Gasteiger partial charge < -0.3 is 0 Å². The molecule has 32 heavy (non-hydrogen) atoms. The Kier molecular flexibility index (Phi) is 7.51. The van der Waals surface area contributed by atoms with Gasteiger partial charge in [-0.2, -0.15) is 0 Å². The van der Waals surface area contributed by atoms with Crippen LogP contribution in [0.15, 0.2) is 97.1 Å². The quantitative estimate of drug-likeness (QED) is 0.331. The van der Waals surface area contributed by atoms with Crippen LogP contribution in [0.2, 0.25) is 0 Å². The molecule has 0 saturated carbocycles. The first-order valence-corrected chi connectivity index (χ1v) is 10.7. The number of carbonyl (C=O) groups excluding carboxylic acids is 2. The van der Waals surface area contributed by atoms with Crippen LogP contribution in [0.3, 0.4) is 0 Å². The molecule has 160 valence electrons. The van der Waals surface area contributed by atoms with Crippen molar-refractivity contribution in [1.82, 2.24) is 0 Å². The van der Waals surface area contributed by atoms with Gasteiger partial charge in [-0.1, -0.05) is 114 Å². The molecule has 0 atom stereocenters. The highest BCUT2D eigenvalue weighted by Crippen LogP contribution is 2.15. The normalized spacial score (nSPS) is 10.1. The summed E-state index contributed by atoms with van der Waals surface area (Å²) in [6.45, 7) is 8.03. The zero-order chi connectivity index (χ0) is 23.1. The van der Waals surface area contributed by atoms with E-state index < -0.39 is 0 Å². The second kappa shape index (κ2) is 10.5. The summed E-state index contributed by atoms with van der Waals surface area (Å²) in [5.74, 6) is 0.179. The molecule has 0 amide bonds. The van der Waals surface area contributed by atoms with E-state index in [0.29, 0.717) is 0 Å². The van der Waals surface area contributed by atoms with Crippen molar-refractivity contribution in [2.45, 2.75) is 27.7 Å². The van der Waals surface area contributed by atoms with Crippen LogP contribution in [-0.4, -0.2) is 11.6 Å². The second-order valence-corrected chi connectivity index (χ2v) is 8.07. The molecule has 0 aliphatic rings. The molecule has 2 nitrogen and oxygen atoms in total. The van der Waals surface area contributed by atoms with Gasteiger partial charge in [-0.3, -0.25) is 9.59 Å². The zero-order valence-electron chi connectivity index (χ0n) is 19.1. The van der Waals surface area contributed by atoms with Crippen LogP contribution in [0.5, 0.6) is 0 Å². The van der Waals surface area contributed by atoms with Crippen molar-refractivity contribution < 1.29 is 9.59 Å². The summed E-state index contributed by atoms with van der Waals surface area (Å²) in [5, 5.41) is 0. The predicted molar refractivity (Wildman–Crippen MR) is 132 cm³/mol. The van der Waals surface area contributed by atoms with Crippen molar-refractivity contribution in [2.24, 2.45) is 0 Å². The lowest BCUT2D eigenvalue weighted by molar-refractivity contribution is 0.103. The minimum atomic E-state index is 0.0833. The molecule has 0 saturated heterocycles. The fourth-order valence-electron chi connectivity index (χ4n) is 3.39. The van der Waals surface area contributed by atoms with Crippen molar-refractivity contribution in [1.29, 1.82) is 0 Å². The van der Waals surface area contributed by atoms with Crippen molar-refractivity contribution in [3.8, 4) is 0 Å². The average molecular weight is 421 g/mol. The Morgan fingerprint density at radius 2 is 0.906 bits per heavy atom. The van der Waals surface area contributed by atoms with Gasteiger partial charge in [0.1, 0.15) is 0 Å². The number of rotatable bonds is 4. The lowest BCUT2D eigenvalue weighted by Crippen LogP contribution is -2.03. The monoisotopic (exact) mass is 420 g/mol. The number of hydrogen-bond acceptors (Lipinski definition) is 2. The van der Waals surface area contributed by atoms with E-state index >= 15 is 0 Å². The van der Waals surface area contributed by atoms with Gasteiger partial charge >= 0.3 is 0 Å². The third-order valence-corrected chi connectivity index (χ3v) is 5.29. The van der Waals surface area contributed by atoms with E-state index in [4.69, 9.17) is 0 Å². The van der Waals surface area contributed by atoms with Gasteiger partial charge in [-0.25, -0.2) is 0 Å². The Morgan fingerprint density at radius 1 is 0.469 bits per heavy atom. The Hall–Kier alpha value is -3.78. The Balaban J connectivity index is 0.000000181. The molecule has 0 aliphatic carbocycles. The van der Waals surface area contributed by atoms with Crippen LogP contribution in [0.25, 0.3) is 0 Å². The fourth-order valence-corrected chi connectivity index (χ4v) is 3.39. The Bertz CT molecular complexity index is 1150. The van der Waals surface area contributed by atoms with Crippen molar-refractivity contribution >= 4 is 11.6 Å². The Labute approximate surface area is 190 Å². The van der Waals surface area contributed by atoms with Gasteiger partial charge in [0.2, 0.25) is 0 Å². The summed E-state index contributed by atoms with van der Waals surface area (Å²) in [6.07, 6.45) is 0. The molecule has 0 aliphatic heterocycles. The first-order valence-electron chi connectivity index (χ1n) is 10.7. The molecule has 0 fully saturated rings. The van der Waals surface area contributed by atoms with E-state index in [1.807, 2.05) is 125 Å². The molecule has 0 N–H and O–H groups in total. The smallest absolute Gasteiger partial charge is 0.193 e. The predicted octanol–water partition coefficient (Wildman–Crippen LogP) is 7.07. The molecule has 4 aromatic carbocycles. The van der Waals surface area contributed by atoms with Crippen LogP contribution >= 0.6 is 0 Å². The third-order valence-electron chi connectivity index (χ3n) is 5.29. The number of carbonyl (C=O) groups is 2. The number of hydrogen-bond donors (Lipinski definition) is 0. The molecule has 4 rings (SSSR count). The molecule has 0 aromatic heterocycles. The van der Waals surface area contributed by atoms with E-state index in [-0.39, 0.29) is 11.6 Å². The maximum absolute atomic E-state index is 12.2. The van der Waals surface area contributed by atoms with Crippen LogP contribution in [-0.2, 0) is 0 Å². The molecule has 0 heterocycles. The van der Waals surface area contributed by atoms with Crippen LogP contribution in [0, 0.1) is 27.7 Å². The van der Waals surface area contributed by atoms with Crippen molar-refractivity contribution in [3.63, 3.8) is 0 Å². The van der Waals surface area contributed by atoms with E-state index in [1.54, 1.807) is 0 Å². The van der Waals surface area contributed by atoms with E-state index in [2.05, 4.69) is 0 Å². The highest BCUT2D eigenvalue weighted by molar-refractivity contribution is 6.10. The van der Waals surface area contributed by atoms with Crippen LogP contribution < -0.4 is 0 Å². The lowest BCUT2D eigenvalue weighted by Gasteiger charge is -2.05. The largest absolute Gasteiger partial charge is 0.289 e. The molecule has 0 unspecified atom stereocenters. The van der Waals surface area contributed by atoms with Gasteiger partial charge in [-0.15, -0.1) is 0 Å². The SMILES string of the molecule is Cc1ccc(C(=O)c2ccc(C)cc2)cc1.Cc1ccc(C(=O)c2ccccc2)c(C)c1. The number of aryl methyl sites for hydroxylation is 4. The average Bonchev–Trinajstić information content (AvgIpc) is 2.80. The maximum atomic E-state index is 12.2. The zero-order valence-corrected chi connectivity index (χ0v) is 19.1. The van der Waals surface area contributed by atoms with E-state index in [1.165, 1.54) is 16.7 Å². The summed E-state index contributed by atoms with van der Waals surface area (Å²) in [5.41, 5.74) is 7.58. The Morgan fingerprint density at radius 3 is 1.38 bits per heavy atom. The first kappa shape index (κ1) is 22.9. The van der Waals surface area contributed by atoms with Gasteiger partial charge in [-0.05, 0) is 33.3 Å². The molecule has 4 aromatic rings. The van der Waals surface area contributed by atoms with Gasteiger partial charge in [0.25, 0.3) is 0 Å². The molecular weight excluding hydrogens is 392 g/mol. The standard InChI is InChI=1S/2C15H14O/c1-11-3-7-13(8-4-11)15(16)14-9-5-12(2)6-10-14;1-11-8-9-14(12(2)10-11)15(16)13-6-4-3-5-7-13/h2*3-10H,1-2H3. The van der Waals surface area contributed by atoms with Crippen LogP contribution in [0.4, 0.5) is 0 Å². The van der Waals surface area contributed by atoms with Gasteiger partial charge in [0, 0.05) is 22.3 Å². The van der Waals surface area contributed by atoms with Gasteiger partial charge in [0.05, 0.1) is 0 Å². The second-order valence-electron chi connectivity index (χ2n) is 8.07. The summed E-state index contributed by atoms with van der Waals surface area (Å²) >= 11 is 0. The number of benzene rings is 4. The molecule has 0 bridgehead atoms. The molecular formula is C30H28O2. The lowest BCUT2D eigenvalue weighted by atomic mass is 9.98. The van der Waals surface area contributed by atoms with Crippen molar-refractivity contribution in [2.75, 3.05) is 0 Å². The minimum Gasteiger partial charge on any atom is -0.289 e. The first-order chi connectivity index (χ1) is 15.3. The van der Waals surface area contributed by atoms with Crippen molar-refractivity contribution in [3.05, 3.63) is 142 Å². The molecule has 0 spiro atoms. The summed E-state index contributed by atoms with van der Waals surface area (Å²) in [6, 6.07) is 30.6. The fraction of sp³-hybridized carbons (Fsp3) is 0.133. The molecule has 0 radical (unpaired) electrons. The molecule has 2 heteroatoms. The summed E-state index contributed by atoms with van der Waals surface area (Å²) < 4.78 is 0. The topological polar surface area (TPSA) is 34.1 Å². The highest BCUT2D eigenvalue weighted by Gasteiger charge is 2.10. The maximum Gasteiger partial charge on any atom is 0.193 e. The van der Waals surface area contributed by atoms with E-state index in [0.717, 1.165) is 27.8 Å². The third kappa shape index (κ3) is 5.89. The van der Waals surface area contributed by atoms with Crippen LogP contribution in [0.1, 0.15) is 54.1 Å². The summed E-state index contributed by atoms with van der Waals surface area (Å²) in [7, 11) is 0. The number of ketones is 2. The van der Waals surface area contributed by atoms with Gasteiger partial charge in [0.15, 0.2) is 11.6 Å². The minimum absolute atomic E-state index is 0.0833. The van der Waals surface area contributed by atoms with E-state index in [9.17, 15) is 9.59 Å². The summed E-state index contributed by atoms with van der Waals surface area (Å²) in [4.78, 5) is 24.2. The highest BCUT2D eigenvalue weighted by atomic mass is 16.1.